The van der Waals surface area contributed by atoms with E-state index in [1.807, 2.05) is 0 Å². The van der Waals surface area contributed by atoms with Crippen molar-refractivity contribution >= 4 is 0 Å². The molecule has 0 aromatic heterocycles. The second kappa shape index (κ2) is 7.59. The van der Waals surface area contributed by atoms with Gasteiger partial charge in [-0.1, -0.05) is 44.6 Å². The van der Waals surface area contributed by atoms with Gasteiger partial charge in [0.25, 0.3) is 0 Å². The van der Waals surface area contributed by atoms with Gasteiger partial charge in [-0.15, -0.1) is 0 Å². The molecule has 2 bridgehead atoms. The van der Waals surface area contributed by atoms with E-state index in [9.17, 15) is 0 Å². The third-order valence-electron chi connectivity index (χ3n) is 9.60. The molecular weight excluding hydrogens is 354 g/mol. The van der Waals surface area contributed by atoms with Crippen molar-refractivity contribution in [2.75, 3.05) is 6.54 Å². The molecule has 4 fully saturated rings. The number of nitrogens with one attached hydrogen (secondary N) is 1. The fourth-order valence-electron chi connectivity index (χ4n) is 8.18. The fraction of sp³-hybridized carbons (Fsp3) is 0.741. The van der Waals surface area contributed by atoms with Gasteiger partial charge in [0.15, 0.2) is 0 Å². The minimum atomic E-state index is 0.432. The van der Waals surface area contributed by atoms with Crippen LogP contribution in [-0.2, 0) is 11.8 Å². The van der Waals surface area contributed by atoms with Crippen LogP contribution >= 0.6 is 0 Å². The molecule has 1 heterocycles. The lowest BCUT2D eigenvalue weighted by molar-refractivity contribution is 0.0794. The van der Waals surface area contributed by atoms with Crippen molar-refractivity contribution in [1.82, 2.24) is 5.32 Å². The summed E-state index contributed by atoms with van der Waals surface area (Å²) < 4.78 is 6.36. The molecule has 1 radical (unpaired) electrons. The first-order valence-electron chi connectivity index (χ1n) is 12.7. The van der Waals surface area contributed by atoms with Crippen LogP contribution in [0.2, 0.25) is 0 Å². The van der Waals surface area contributed by atoms with Gasteiger partial charge in [0.2, 0.25) is 0 Å². The van der Waals surface area contributed by atoms with E-state index in [0.717, 1.165) is 23.5 Å². The molecule has 2 nitrogen and oxygen atoms in total. The van der Waals surface area contributed by atoms with E-state index in [-0.39, 0.29) is 0 Å². The standard InChI is InChI=1S/C27H38NO/c1-2-6-21-15-19(8-9-20(21)5-1)18-29-23-11-10-22-16-26-24-7-3-4-12-27(24,13-14-28-26)25(22)17-23/h10-11,17-21,24,26,28H,1-9,12-16H2/t19?,20?,21?,24-,26+,27+/m0/s1. The van der Waals surface area contributed by atoms with Crippen molar-refractivity contribution in [3.63, 3.8) is 0 Å². The smallest absolute Gasteiger partial charge is 0.138 e. The first-order chi connectivity index (χ1) is 14.3. The number of ether oxygens (including phenoxy) is 1. The average molecular weight is 393 g/mol. The SMILES string of the molecule is [CH](Oc1ccc2c(c1)[C@@]13CCCC[C@H]1[C@@H](C2)NCC3)C1CCC2CCCCC2C1. The maximum absolute atomic E-state index is 6.36. The second-order valence-corrected chi connectivity index (χ2v) is 11.0. The highest BCUT2D eigenvalue weighted by Gasteiger charge is 2.51. The summed E-state index contributed by atoms with van der Waals surface area (Å²) in [5, 5.41) is 3.85. The van der Waals surface area contributed by atoms with Crippen LogP contribution in [0.15, 0.2) is 18.2 Å². The molecule has 5 aliphatic rings. The summed E-state index contributed by atoms with van der Waals surface area (Å²) >= 11 is 0. The number of fused-ring (bicyclic) bond motifs is 2. The summed E-state index contributed by atoms with van der Waals surface area (Å²) in [4.78, 5) is 0. The van der Waals surface area contributed by atoms with E-state index in [4.69, 9.17) is 4.74 Å². The number of benzene rings is 1. The van der Waals surface area contributed by atoms with Crippen LogP contribution in [-0.4, -0.2) is 12.6 Å². The quantitative estimate of drug-likeness (QED) is 0.663. The lowest BCUT2D eigenvalue weighted by Crippen LogP contribution is -2.59. The summed E-state index contributed by atoms with van der Waals surface area (Å²) in [5.74, 6) is 4.60. The Morgan fingerprint density at radius 2 is 1.83 bits per heavy atom. The summed E-state index contributed by atoms with van der Waals surface area (Å²) in [6.07, 6.45) is 18.2. The van der Waals surface area contributed by atoms with Crippen LogP contribution in [0, 0.1) is 30.3 Å². The zero-order valence-corrected chi connectivity index (χ0v) is 18.0. The molecule has 0 spiro atoms. The Labute approximate surface area is 177 Å². The molecule has 6 rings (SSSR count). The minimum absolute atomic E-state index is 0.432. The van der Waals surface area contributed by atoms with E-state index < -0.39 is 0 Å². The highest BCUT2D eigenvalue weighted by atomic mass is 16.5. The zero-order chi connectivity index (χ0) is 19.3. The summed E-state index contributed by atoms with van der Waals surface area (Å²) in [7, 11) is 0. The van der Waals surface area contributed by atoms with Gasteiger partial charge >= 0.3 is 0 Å². The molecule has 157 valence electrons. The number of piperidine rings is 1. The zero-order valence-electron chi connectivity index (χ0n) is 18.0. The fourth-order valence-corrected chi connectivity index (χ4v) is 8.18. The van der Waals surface area contributed by atoms with Gasteiger partial charge in [-0.05, 0) is 98.4 Å². The molecule has 1 aliphatic heterocycles. The largest absolute Gasteiger partial charge is 0.486 e. The summed E-state index contributed by atoms with van der Waals surface area (Å²) in [6.45, 7) is 3.42. The van der Waals surface area contributed by atoms with Gasteiger partial charge in [0.05, 0.1) is 0 Å². The van der Waals surface area contributed by atoms with Gasteiger partial charge in [-0.3, -0.25) is 0 Å². The third kappa shape index (κ3) is 3.25. The van der Waals surface area contributed by atoms with E-state index in [1.165, 1.54) is 90.0 Å². The molecule has 1 N–H and O–H groups in total. The summed E-state index contributed by atoms with van der Waals surface area (Å²) in [6, 6.07) is 7.80. The first kappa shape index (κ1) is 18.7. The van der Waals surface area contributed by atoms with Gasteiger partial charge in [0.1, 0.15) is 12.4 Å². The molecule has 1 aromatic carbocycles. The molecule has 1 aromatic rings. The third-order valence-corrected chi connectivity index (χ3v) is 9.60. The van der Waals surface area contributed by atoms with Crippen LogP contribution in [0.25, 0.3) is 0 Å². The van der Waals surface area contributed by atoms with Gasteiger partial charge in [-0.25, -0.2) is 0 Å². The molecule has 29 heavy (non-hydrogen) atoms. The Kier molecular flexibility index (Phi) is 4.90. The molecule has 6 atom stereocenters. The van der Waals surface area contributed by atoms with Crippen molar-refractivity contribution in [3.8, 4) is 5.75 Å². The Morgan fingerprint density at radius 3 is 2.79 bits per heavy atom. The number of hydrogen-bond acceptors (Lipinski definition) is 2. The van der Waals surface area contributed by atoms with Crippen LogP contribution in [0.3, 0.4) is 0 Å². The lowest BCUT2D eigenvalue weighted by atomic mass is 9.53. The number of hydrogen-bond donors (Lipinski definition) is 1. The van der Waals surface area contributed by atoms with Gasteiger partial charge in [0, 0.05) is 11.5 Å². The topological polar surface area (TPSA) is 21.3 Å². The van der Waals surface area contributed by atoms with Crippen LogP contribution in [0.4, 0.5) is 0 Å². The molecule has 3 unspecified atom stereocenters. The van der Waals surface area contributed by atoms with E-state index in [1.54, 1.807) is 11.1 Å². The Balaban J connectivity index is 1.18. The van der Waals surface area contributed by atoms with E-state index in [2.05, 4.69) is 30.1 Å². The highest BCUT2D eigenvalue weighted by Crippen LogP contribution is 2.54. The normalized spacial score (nSPS) is 41.0. The van der Waals surface area contributed by atoms with Crippen LogP contribution < -0.4 is 10.1 Å². The van der Waals surface area contributed by atoms with Crippen molar-refractivity contribution in [2.45, 2.75) is 94.9 Å². The maximum Gasteiger partial charge on any atom is 0.138 e. The van der Waals surface area contributed by atoms with Gasteiger partial charge in [-0.2, -0.15) is 0 Å². The molecule has 1 saturated heterocycles. The summed E-state index contributed by atoms with van der Waals surface area (Å²) in [5.41, 5.74) is 3.68. The van der Waals surface area contributed by atoms with Crippen LogP contribution in [0.5, 0.6) is 5.75 Å². The van der Waals surface area contributed by atoms with Crippen molar-refractivity contribution < 1.29 is 4.74 Å². The Morgan fingerprint density at radius 1 is 0.931 bits per heavy atom. The highest BCUT2D eigenvalue weighted by molar-refractivity contribution is 5.45. The van der Waals surface area contributed by atoms with Crippen molar-refractivity contribution in [1.29, 1.82) is 0 Å². The molecule has 3 saturated carbocycles. The maximum atomic E-state index is 6.36. The predicted octanol–water partition coefficient (Wildman–Crippen LogP) is 6.18. The second-order valence-electron chi connectivity index (χ2n) is 11.0. The lowest BCUT2D eigenvalue weighted by Gasteiger charge is -2.56. The molecule has 4 aliphatic carbocycles. The molecule has 0 amide bonds. The van der Waals surface area contributed by atoms with E-state index in [0.29, 0.717) is 17.4 Å². The molecule has 2 heteroatoms. The monoisotopic (exact) mass is 392 g/mol. The Bertz CT molecular complexity index is 740. The van der Waals surface area contributed by atoms with Crippen LogP contribution in [0.1, 0.15) is 88.2 Å². The Hall–Kier alpha value is -1.02. The molecular formula is C27H38NO. The van der Waals surface area contributed by atoms with Crippen molar-refractivity contribution in [3.05, 3.63) is 35.9 Å². The minimum Gasteiger partial charge on any atom is -0.486 e. The predicted molar refractivity (Wildman–Crippen MR) is 118 cm³/mol. The van der Waals surface area contributed by atoms with Gasteiger partial charge < -0.3 is 10.1 Å². The average Bonchev–Trinajstić information content (AvgIpc) is 2.78. The first-order valence-corrected chi connectivity index (χ1v) is 12.7. The van der Waals surface area contributed by atoms with Crippen molar-refractivity contribution in [2.24, 2.45) is 23.7 Å². The number of rotatable bonds is 3. The van der Waals surface area contributed by atoms with E-state index >= 15 is 0 Å².